The van der Waals surface area contributed by atoms with Crippen molar-refractivity contribution in [2.24, 2.45) is 11.1 Å². The van der Waals surface area contributed by atoms with Gasteiger partial charge in [0.05, 0.1) is 0 Å². The first kappa shape index (κ1) is 15.4. The number of ether oxygens (including phenoxy) is 1. The van der Waals surface area contributed by atoms with Gasteiger partial charge in [-0.2, -0.15) is 0 Å². The Balaban J connectivity index is 3.87. The highest BCUT2D eigenvalue weighted by atomic mass is 16.5. The number of nitrogens with two attached hydrogens (primary N) is 1. The van der Waals surface area contributed by atoms with Gasteiger partial charge in [0.15, 0.2) is 0 Å². The van der Waals surface area contributed by atoms with Crippen molar-refractivity contribution < 1.29 is 9.53 Å². The molecule has 0 fully saturated rings. The standard InChI is InChI=1S/C12H26N2O2/c1-4-12(5-2,9-13)10-14-11(15)7-6-8-16-3/h4-10,13H2,1-3H3,(H,14,15). The molecule has 1 amide bonds. The minimum Gasteiger partial charge on any atom is -0.385 e. The Hall–Kier alpha value is -0.610. The molecule has 3 N–H and O–H groups in total. The van der Waals surface area contributed by atoms with Crippen molar-refractivity contribution in [3.63, 3.8) is 0 Å². The average molecular weight is 230 g/mol. The molecule has 0 aromatic rings. The summed E-state index contributed by atoms with van der Waals surface area (Å²) in [6.45, 7) is 6.18. The van der Waals surface area contributed by atoms with Crippen LogP contribution in [-0.4, -0.2) is 32.7 Å². The van der Waals surface area contributed by atoms with Gasteiger partial charge in [-0.25, -0.2) is 0 Å². The molecule has 4 nitrogen and oxygen atoms in total. The Morgan fingerprint density at radius 2 is 2.00 bits per heavy atom. The zero-order chi connectivity index (χ0) is 12.4. The van der Waals surface area contributed by atoms with Crippen LogP contribution in [0.15, 0.2) is 0 Å². The highest BCUT2D eigenvalue weighted by molar-refractivity contribution is 5.75. The average Bonchev–Trinajstić information content (AvgIpc) is 2.32. The molecule has 0 aliphatic heterocycles. The van der Waals surface area contributed by atoms with Gasteiger partial charge in [-0.15, -0.1) is 0 Å². The van der Waals surface area contributed by atoms with E-state index in [0.29, 0.717) is 26.1 Å². The van der Waals surface area contributed by atoms with E-state index in [0.717, 1.165) is 19.3 Å². The highest BCUT2D eigenvalue weighted by Gasteiger charge is 2.24. The molecule has 0 heterocycles. The molecule has 0 saturated heterocycles. The number of methoxy groups -OCH3 is 1. The maximum absolute atomic E-state index is 11.5. The molecule has 0 saturated carbocycles. The fourth-order valence-electron chi connectivity index (χ4n) is 1.61. The van der Waals surface area contributed by atoms with Gasteiger partial charge in [-0.05, 0) is 31.2 Å². The first-order chi connectivity index (χ1) is 7.64. The van der Waals surface area contributed by atoms with E-state index in [1.807, 2.05) is 0 Å². The largest absolute Gasteiger partial charge is 0.385 e. The van der Waals surface area contributed by atoms with E-state index in [-0.39, 0.29) is 11.3 Å². The van der Waals surface area contributed by atoms with Gasteiger partial charge in [0, 0.05) is 26.7 Å². The molecule has 0 atom stereocenters. The smallest absolute Gasteiger partial charge is 0.220 e. The van der Waals surface area contributed by atoms with Crippen molar-refractivity contribution in [1.29, 1.82) is 0 Å². The van der Waals surface area contributed by atoms with E-state index in [4.69, 9.17) is 10.5 Å². The van der Waals surface area contributed by atoms with Crippen molar-refractivity contribution >= 4 is 5.91 Å². The molecule has 0 spiro atoms. The molecule has 0 bridgehead atoms. The summed E-state index contributed by atoms with van der Waals surface area (Å²) in [6.07, 6.45) is 3.30. The van der Waals surface area contributed by atoms with Gasteiger partial charge >= 0.3 is 0 Å². The second-order valence-corrected chi connectivity index (χ2v) is 4.28. The van der Waals surface area contributed by atoms with Crippen molar-refractivity contribution in [3.05, 3.63) is 0 Å². The Morgan fingerprint density at radius 3 is 2.44 bits per heavy atom. The van der Waals surface area contributed by atoms with Gasteiger partial charge in [0.1, 0.15) is 0 Å². The van der Waals surface area contributed by atoms with Crippen molar-refractivity contribution in [2.45, 2.75) is 39.5 Å². The van der Waals surface area contributed by atoms with E-state index in [1.165, 1.54) is 0 Å². The number of amides is 1. The molecule has 96 valence electrons. The highest BCUT2D eigenvalue weighted by Crippen LogP contribution is 2.23. The van der Waals surface area contributed by atoms with Crippen LogP contribution in [0.25, 0.3) is 0 Å². The first-order valence-electron chi connectivity index (χ1n) is 6.09. The molecule has 0 rings (SSSR count). The Morgan fingerprint density at radius 1 is 1.38 bits per heavy atom. The van der Waals surface area contributed by atoms with Gasteiger partial charge in [-0.3, -0.25) is 4.79 Å². The minimum atomic E-state index is 0.0664. The predicted molar refractivity (Wildman–Crippen MR) is 66.2 cm³/mol. The van der Waals surface area contributed by atoms with Gasteiger partial charge < -0.3 is 15.8 Å². The van der Waals surface area contributed by atoms with Gasteiger partial charge in [0.25, 0.3) is 0 Å². The van der Waals surface area contributed by atoms with Crippen molar-refractivity contribution in [1.82, 2.24) is 5.32 Å². The van der Waals surface area contributed by atoms with Crippen LogP contribution in [-0.2, 0) is 9.53 Å². The lowest BCUT2D eigenvalue weighted by Crippen LogP contribution is -2.41. The van der Waals surface area contributed by atoms with E-state index < -0.39 is 0 Å². The fraction of sp³-hybridized carbons (Fsp3) is 0.917. The zero-order valence-corrected chi connectivity index (χ0v) is 10.8. The zero-order valence-electron chi connectivity index (χ0n) is 10.8. The molecule has 0 aliphatic rings. The quantitative estimate of drug-likeness (QED) is 0.587. The van der Waals surface area contributed by atoms with Crippen LogP contribution in [0.4, 0.5) is 0 Å². The Bertz CT molecular complexity index is 183. The summed E-state index contributed by atoms with van der Waals surface area (Å²) >= 11 is 0. The third-order valence-electron chi connectivity index (χ3n) is 3.35. The van der Waals surface area contributed by atoms with E-state index in [9.17, 15) is 4.79 Å². The van der Waals surface area contributed by atoms with E-state index in [2.05, 4.69) is 19.2 Å². The lowest BCUT2D eigenvalue weighted by atomic mass is 9.82. The van der Waals surface area contributed by atoms with Crippen LogP contribution in [0.1, 0.15) is 39.5 Å². The molecule has 0 aromatic carbocycles. The summed E-state index contributed by atoms with van der Waals surface area (Å²) in [5.74, 6) is 0.0942. The molecule has 16 heavy (non-hydrogen) atoms. The number of rotatable bonds is 9. The van der Waals surface area contributed by atoms with E-state index >= 15 is 0 Å². The first-order valence-corrected chi connectivity index (χ1v) is 6.09. The predicted octanol–water partition coefficient (Wildman–Crippen LogP) is 1.29. The molecular weight excluding hydrogens is 204 g/mol. The fourth-order valence-corrected chi connectivity index (χ4v) is 1.61. The van der Waals surface area contributed by atoms with Crippen LogP contribution in [0.5, 0.6) is 0 Å². The number of nitrogens with one attached hydrogen (secondary N) is 1. The lowest BCUT2D eigenvalue weighted by molar-refractivity contribution is -0.121. The SMILES string of the molecule is CCC(CC)(CN)CNC(=O)CCCOC. The van der Waals surface area contributed by atoms with Crippen LogP contribution in [0.2, 0.25) is 0 Å². The summed E-state index contributed by atoms with van der Waals surface area (Å²) in [5, 5.41) is 2.96. The number of carbonyl (C=O) groups excluding carboxylic acids is 1. The summed E-state index contributed by atoms with van der Waals surface area (Å²) < 4.78 is 4.90. The second-order valence-electron chi connectivity index (χ2n) is 4.28. The van der Waals surface area contributed by atoms with Crippen molar-refractivity contribution in [3.8, 4) is 0 Å². The Labute approximate surface area is 98.9 Å². The molecule has 0 radical (unpaired) electrons. The monoisotopic (exact) mass is 230 g/mol. The van der Waals surface area contributed by atoms with Crippen LogP contribution in [0.3, 0.4) is 0 Å². The van der Waals surface area contributed by atoms with E-state index in [1.54, 1.807) is 7.11 Å². The molecular formula is C12H26N2O2. The number of hydrogen-bond donors (Lipinski definition) is 2. The lowest BCUT2D eigenvalue weighted by Gasteiger charge is -2.30. The molecule has 4 heteroatoms. The Kier molecular flexibility index (Phi) is 8.21. The maximum atomic E-state index is 11.5. The summed E-state index contributed by atoms with van der Waals surface area (Å²) in [5.41, 5.74) is 5.83. The summed E-state index contributed by atoms with van der Waals surface area (Å²) in [7, 11) is 1.64. The normalized spacial score (nSPS) is 11.5. The van der Waals surface area contributed by atoms with Crippen molar-refractivity contribution in [2.75, 3.05) is 26.8 Å². The van der Waals surface area contributed by atoms with Crippen LogP contribution < -0.4 is 11.1 Å². The summed E-state index contributed by atoms with van der Waals surface area (Å²) in [4.78, 5) is 11.5. The van der Waals surface area contributed by atoms with Gasteiger partial charge in [-0.1, -0.05) is 13.8 Å². The minimum absolute atomic E-state index is 0.0664. The molecule has 0 unspecified atom stereocenters. The molecule has 0 aliphatic carbocycles. The topological polar surface area (TPSA) is 64.3 Å². The summed E-state index contributed by atoms with van der Waals surface area (Å²) in [6, 6.07) is 0. The maximum Gasteiger partial charge on any atom is 0.220 e. The van der Waals surface area contributed by atoms with Crippen LogP contribution >= 0.6 is 0 Å². The third-order valence-corrected chi connectivity index (χ3v) is 3.35. The second kappa shape index (κ2) is 8.53. The molecule has 0 aromatic heterocycles. The number of carbonyl (C=O) groups is 1. The van der Waals surface area contributed by atoms with Gasteiger partial charge in [0.2, 0.25) is 5.91 Å². The number of hydrogen-bond acceptors (Lipinski definition) is 3. The third kappa shape index (κ3) is 5.47. The van der Waals surface area contributed by atoms with Crippen LogP contribution in [0, 0.1) is 5.41 Å².